The molecular formula is C15H13ClN4O2S2. The van der Waals surface area contributed by atoms with Gasteiger partial charge in [0.05, 0.1) is 10.6 Å². The summed E-state index contributed by atoms with van der Waals surface area (Å²) in [7, 11) is -1.89. The minimum atomic E-state index is -3.71. The highest BCUT2D eigenvalue weighted by Crippen LogP contribution is 2.35. The molecule has 9 heteroatoms. The molecule has 6 nitrogen and oxygen atoms in total. The Morgan fingerprint density at radius 2 is 1.92 bits per heavy atom. The number of nitrogens with one attached hydrogen (secondary N) is 1. The molecule has 0 aliphatic carbocycles. The van der Waals surface area contributed by atoms with Crippen LogP contribution in [0.5, 0.6) is 0 Å². The summed E-state index contributed by atoms with van der Waals surface area (Å²) in [6.07, 6.45) is 1.58. The van der Waals surface area contributed by atoms with E-state index in [-0.39, 0.29) is 4.90 Å². The third kappa shape index (κ3) is 3.72. The molecule has 3 rings (SSSR count). The summed E-state index contributed by atoms with van der Waals surface area (Å²) in [5.41, 5.74) is 0.388. The highest BCUT2D eigenvalue weighted by molar-refractivity contribution is 7.99. The van der Waals surface area contributed by atoms with Crippen LogP contribution >= 0.6 is 23.4 Å². The van der Waals surface area contributed by atoms with Crippen LogP contribution < -0.4 is 4.72 Å². The third-order valence-electron chi connectivity index (χ3n) is 3.11. The van der Waals surface area contributed by atoms with Crippen LogP contribution in [0.2, 0.25) is 5.02 Å². The number of aryl methyl sites for hydroxylation is 1. The fourth-order valence-electron chi connectivity index (χ4n) is 1.94. The molecule has 1 aromatic heterocycles. The summed E-state index contributed by atoms with van der Waals surface area (Å²) in [6, 6.07) is 13.2. The molecule has 0 saturated heterocycles. The molecule has 0 aliphatic rings. The summed E-state index contributed by atoms with van der Waals surface area (Å²) in [5, 5.41) is 8.88. The van der Waals surface area contributed by atoms with Gasteiger partial charge in [0.1, 0.15) is 6.33 Å². The number of aromatic nitrogens is 3. The number of anilines is 1. The van der Waals surface area contributed by atoms with Crippen LogP contribution in [0.1, 0.15) is 0 Å². The van der Waals surface area contributed by atoms with Gasteiger partial charge in [-0.2, -0.15) is 0 Å². The van der Waals surface area contributed by atoms with Gasteiger partial charge in [0.25, 0.3) is 10.0 Å². The number of halogens is 1. The number of benzene rings is 2. The summed E-state index contributed by atoms with van der Waals surface area (Å²) in [4.78, 5) is 0.856. The maximum atomic E-state index is 12.5. The average Bonchev–Trinajstić information content (AvgIpc) is 2.96. The van der Waals surface area contributed by atoms with Crippen LogP contribution in [0, 0.1) is 0 Å². The zero-order valence-corrected chi connectivity index (χ0v) is 14.9. The molecule has 2 aromatic carbocycles. The zero-order chi connectivity index (χ0) is 17.2. The number of sulfonamides is 1. The SMILES string of the molecule is Cn1cnnc1Sc1ccc(Cl)cc1NS(=O)(=O)c1ccccc1. The molecule has 0 bridgehead atoms. The lowest BCUT2D eigenvalue weighted by Gasteiger charge is -2.12. The van der Waals surface area contributed by atoms with Gasteiger partial charge in [0, 0.05) is 17.0 Å². The minimum Gasteiger partial charge on any atom is -0.311 e. The molecule has 0 amide bonds. The Labute approximate surface area is 148 Å². The Morgan fingerprint density at radius 3 is 2.58 bits per heavy atom. The Hall–Kier alpha value is -2.03. The van der Waals surface area contributed by atoms with Crippen LogP contribution in [0.25, 0.3) is 0 Å². The van der Waals surface area contributed by atoms with E-state index in [1.165, 1.54) is 23.9 Å². The largest absolute Gasteiger partial charge is 0.311 e. The molecule has 0 fully saturated rings. The highest BCUT2D eigenvalue weighted by Gasteiger charge is 2.17. The van der Waals surface area contributed by atoms with E-state index in [1.54, 1.807) is 47.3 Å². The quantitative estimate of drug-likeness (QED) is 0.733. The lowest BCUT2D eigenvalue weighted by Crippen LogP contribution is -2.13. The standard InChI is InChI=1S/C15H13ClN4O2S2/c1-20-10-17-18-15(20)23-14-8-7-11(16)9-13(14)19-24(21,22)12-5-3-2-4-6-12/h2-10,19H,1H3. The summed E-state index contributed by atoms with van der Waals surface area (Å²) >= 11 is 7.32. The highest BCUT2D eigenvalue weighted by atomic mass is 35.5. The van der Waals surface area contributed by atoms with Crippen molar-refractivity contribution in [3.63, 3.8) is 0 Å². The van der Waals surface area contributed by atoms with Crippen LogP contribution in [-0.4, -0.2) is 23.2 Å². The van der Waals surface area contributed by atoms with Gasteiger partial charge in [-0.25, -0.2) is 8.42 Å². The maximum absolute atomic E-state index is 12.5. The van der Waals surface area contributed by atoms with Crippen molar-refractivity contribution in [3.8, 4) is 0 Å². The average molecular weight is 381 g/mol. The third-order valence-corrected chi connectivity index (χ3v) is 5.86. The molecule has 24 heavy (non-hydrogen) atoms. The molecule has 0 spiro atoms. The molecule has 1 N–H and O–H groups in total. The first-order valence-electron chi connectivity index (χ1n) is 6.85. The molecular weight excluding hydrogens is 368 g/mol. The van der Waals surface area contributed by atoms with Crippen LogP contribution in [-0.2, 0) is 17.1 Å². The lowest BCUT2D eigenvalue weighted by atomic mass is 10.3. The fraction of sp³-hybridized carbons (Fsp3) is 0.0667. The van der Waals surface area contributed by atoms with Crippen molar-refractivity contribution >= 4 is 39.1 Å². The molecule has 124 valence electrons. The summed E-state index contributed by atoms with van der Waals surface area (Å²) in [6.45, 7) is 0. The number of rotatable bonds is 5. The minimum absolute atomic E-state index is 0.180. The van der Waals surface area contributed by atoms with Crippen molar-refractivity contribution in [2.24, 2.45) is 7.05 Å². The molecule has 0 aliphatic heterocycles. The van der Waals surface area contributed by atoms with E-state index in [2.05, 4.69) is 14.9 Å². The molecule has 1 heterocycles. The zero-order valence-electron chi connectivity index (χ0n) is 12.5. The van der Waals surface area contributed by atoms with Crippen molar-refractivity contribution < 1.29 is 8.42 Å². The summed E-state index contributed by atoms with van der Waals surface area (Å²) < 4.78 is 29.4. The molecule has 0 radical (unpaired) electrons. The van der Waals surface area contributed by atoms with Gasteiger partial charge in [-0.05, 0) is 42.1 Å². The van der Waals surface area contributed by atoms with Crippen molar-refractivity contribution in [2.75, 3.05) is 4.72 Å². The van der Waals surface area contributed by atoms with Gasteiger partial charge in [0.2, 0.25) is 0 Å². The molecule has 0 saturated carbocycles. The van der Waals surface area contributed by atoms with Gasteiger partial charge in [-0.1, -0.05) is 29.8 Å². The van der Waals surface area contributed by atoms with E-state index >= 15 is 0 Å². The lowest BCUT2D eigenvalue weighted by molar-refractivity contribution is 0.601. The monoisotopic (exact) mass is 380 g/mol. The van der Waals surface area contributed by atoms with Crippen LogP contribution in [0.15, 0.2) is 69.8 Å². The van der Waals surface area contributed by atoms with Crippen molar-refractivity contribution in [1.82, 2.24) is 14.8 Å². The number of hydrogen-bond donors (Lipinski definition) is 1. The van der Waals surface area contributed by atoms with Crippen molar-refractivity contribution in [3.05, 3.63) is 59.9 Å². The fourth-order valence-corrected chi connectivity index (χ4v) is 4.10. The van der Waals surface area contributed by atoms with Crippen molar-refractivity contribution in [1.29, 1.82) is 0 Å². The second kappa shape index (κ2) is 6.84. The van der Waals surface area contributed by atoms with Crippen LogP contribution in [0.4, 0.5) is 5.69 Å². The predicted molar refractivity (Wildman–Crippen MR) is 93.8 cm³/mol. The van der Waals surface area contributed by atoms with E-state index in [4.69, 9.17) is 11.6 Å². The van der Waals surface area contributed by atoms with E-state index in [9.17, 15) is 8.42 Å². The smallest absolute Gasteiger partial charge is 0.261 e. The number of hydrogen-bond acceptors (Lipinski definition) is 5. The Balaban J connectivity index is 1.96. The van der Waals surface area contributed by atoms with E-state index < -0.39 is 10.0 Å². The van der Waals surface area contributed by atoms with Gasteiger partial charge in [-0.15, -0.1) is 10.2 Å². The Bertz CT molecular complexity index is 959. The van der Waals surface area contributed by atoms with Gasteiger partial charge < -0.3 is 4.57 Å². The normalized spacial score (nSPS) is 11.4. The van der Waals surface area contributed by atoms with Gasteiger partial charge in [0.15, 0.2) is 5.16 Å². The first-order chi connectivity index (χ1) is 11.5. The second-order valence-electron chi connectivity index (χ2n) is 4.89. The Kier molecular flexibility index (Phi) is 4.79. The van der Waals surface area contributed by atoms with E-state index in [1.807, 2.05) is 7.05 Å². The first-order valence-corrected chi connectivity index (χ1v) is 9.53. The predicted octanol–water partition coefficient (Wildman–Crippen LogP) is 3.42. The number of nitrogens with zero attached hydrogens (tertiary/aromatic N) is 3. The second-order valence-corrected chi connectivity index (χ2v) is 8.01. The Morgan fingerprint density at radius 1 is 1.17 bits per heavy atom. The maximum Gasteiger partial charge on any atom is 0.261 e. The molecule has 3 aromatic rings. The van der Waals surface area contributed by atoms with E-state index in [0.717, 1.165) is 0 Å². The summed E-state index contributed by atoms with van der Waals surface area (Å²) in [5.74, 6) is 0. The van der Waals surface area contributed by atoms with Crippen LogP contribution in [0.3, 0.4) is 0 Å². The van der Waals surface area contributed by atoms with E-state index in [0.29, 0.717) is 20.8 Å². The van der Waals surface area contributed by atoms with Gasteiger partial charge >= 0.3 is 0 Å². The van der Waals surface area contributed by atoms with Crippen molar-refractivity contribution in [2.45, 2.75) is 14.9 Å². The molecule has 0 atom stereocenters. The topological polar surface area (TPSA) is 76.9 Å². The van der Waals surface area contributed by atoms with Gasteiger partial charge in [-0.3, -0.25) is 4.72 Å². The molecule has 0 unspecified atom stereocenters. The first kappa shape index (κ1) is 16.8.